The molecule has 0 aliphatic carbocycles. The van der Waals surface area contributed by atoms with Crippen LogP contribution in [0.15, 0.2) is 0 Å². The van der Waals surface area contributed by atoms with E-state index in [0.29, 0.717) is 25.4 Å². The number of rotatable bonds is 3. The van der Waals surface area contributed by atoms with E-state index in [1.165, 1.54) is 0 Å². The first kappa shape index (κ1) is 10.4. The second-order valence-corrected chi connectivity index (χ2v) is 4.18. The van der Waals surface area contributed by atoms with Crippen LogP contribution in [0.1, 0.15) is 20.3 Å². The summed E-state index contributed by atoms with van der Waals surface area (Å²) < 4.78 is 16.5. The summed E-state index contributed by atoms with van der Waals surface area (Å²) in [7, 11) is 0. The van der Waals surface area contributed by atoms with E-state index in [1.807, 2.05) is 6.92 Å². The van der Waals surface area contributed by atoms with Gasteiger partial charge in [0.1, 0.15) is 0 Å². The fraction of sp³-hybridized carbons (Fsp3) is 1.00. The summed E-state index contributed by atoms with van der Waals surface area (Å²) in [6.45, 7) is 7.09. The van der Waals surface area contributed by atoms with Crippen LogP contribution >= 0.6 is 0 Å². The normalized spacial score (nSPS) is 36.4. The summed E-state index contributed by atoms with van der Waals surface area (Å²) in [6.07, 6.45) is 1.39. The van der Waals surface area contributed by atoms with Crippen LogP contribution in [0.3, 0.4) is 0 Å². The summed E-state index contributed by atoms with van der Waals surface area (Å²) in [4.78, 5) is 0. The molecule has 2 rings (SSSR count). The van der Waals surface area contributed by atoms with Crippen molar-refractivity contribution in [3.05, 3.63) is 0 Å². The van der Waals surface area contributed by atoms with Crippen molar-refractivity contribution >= 4 is 0 Å². The zero-order valence-corrected chi connectivity index (χ0v) is 8.91. The Balaban J connectivity index is 1.75. The second-order valence-electron chi connectivity index (χ2n) is 4.18. The van der Waals surface area contributed by atoms with Crippen LogP contribution in [0.25, 0.3) is 0 Å². The van der Waals surface area contributed by atoms with Gasteiger partial charge in [0.15, 0.2) is 5.79 Å². The van der Waals surface area contributed by atoms with E-state index in [0.717, 1.165) is 19.6 Å². The number of hydrogen-bond acceptors (Lipinski definition) is 4. The van der Waals surface area contributed by atoms with Gasteiger partial charge in [0.2, 0.25) is 0 Å². The van der Waals surface area contributed by atoms with E-state index in [2.05, 4.69) is 12.2 Å². The highest BCUT2D eigenvalue weighted by Gasteiger charge is 2.33. The minimum absolute atomic E-state index is 0.306. The number of ether oxygens (including phenoxy) is 3. The molecule has 0 saturated carbocycles. The monoisotopic (exact) mass is 201 g/mol. The molecule has 4 heteroatoms. The van der Waals surface area contributed by atoms with Crippen LogP contribution in [0.4, 0.5) is 0 Å². The average Bonchev–Trinajstić information content (AvgIpc) is 2.73. The summed E-state index contributed by atoms with van der Waals surface area (Å²) >= 11 is 0. The van der Waals surface area contributed by atoms with Gasteiger partial charge < -0.3 is 19.5 Å². The van der Waals surface area contributed by atoms with Gasteiger partial charge in [-0.15, -0.1) is 0 Å². The molecule has 2 heterocycles. The Labute approximate surface area is 84.9 Å². The highest BCUT2D eigenvalue weighted by atomic mass is 16.7. The molecule has 0 spiro atoms. The molecule has 82 valence electrons. The van der Waals surface area contributed by atoms with Gasteiger partial charge >= 0.3 is 0 Å². The lowest BCUT2D eigenvalue weighted by Gasteiger charge is -2.25. The number of nitrogens with one attached hydrogen (secondary N) is 1. The molecule has 2 aliphatic heterocycles. The van der Waals surface area contributed by atoms with Crippen molar-refractivity contribution in [1.82, 2.24) is 5.32 Å². The van der Waals surface area contributed by atoms with Gasteiger partial charge in [0.25, 0.3) is 0 Å². The third-order valence-electron chi connectivity index (χ3n) is 2.96. The van der Waals surface area contributed by atoms with Crippen LogP contribution in [0, 0.1) is 0 Å². The van der Waals surface area contributed by atoms with Gasteiger partial charge in [-0.25, -0.2) is 0 Å². The van der Waals surface area contributed by atoms with E-state index >= 15 is 0 Å². The Morgan fingerprint density at radius 1 is 1.29 bits per heavy atom. The molecule has 1 N–H and O–H groups in total. The third-order valence-corrected chi connectivity index (χ3v) is 2.96. The maximum absolute atomic E-state index is 5.51. The Bertz CT molecular complexity index is 192. The molecular weight excluding hydrogens is 182 g/mol. The van der Waals surface area contributed by atoms with Gasteiger partial charge in [-0.3, -0.25) is 0 Å². The molecule has 0 radical (unpaired) electrons. The van der Waals surface area contributed by atoms with Crippen LogP contribution in [-0.4, -0.2) is 44.3 Å². The lowest BCUT2D eigenvalue weighted by Crippen LogP contribution is -2.45. The van der Waals surface area contributed by atoms with E-state index in [-0.39, 0.29) is 0 Å². The van der Waals surface area contributed by atoms with Crippen molar-refractivity contribution in [2.24, 2.45) is 0 Å². The first-order valence-electron chi connectivity index (χ1n) is 5.32. The van der Waals surface area contributed by atoms with Gasteiger partial charge in [-0.2, -0.15) is 0 Å². The summed E-state index contributed by atoms with van der Waals surface area (Å²) in [6, 6.07) is 0.444. The summed E-state index contributed by atoms with van der Waals surface area (Å²) in [5.74, 6) is -0.428. The van der Waals surface area contributed by atoms with Gasteiger partial charge in [-0.1, -0.05) is 0 Å². The highest BCUT2D eigenvalue weighted by Crippen LogP contribution is 2.19. The second kappa shape index (κ2) is 4.14. The van der Waals surface area contributed by atoms with Crippen molar-refractivity contribution in [3.8, 4) is 0 Å². The number of hydrogen-bond donors (Lipinski definition) is 1. The van der Waals surface area contributed by atoms with E-state index < -0.39 is 5.79 Å². The van der Waals surface area contributed by atoms with Crippen LogP contribution in [0.5, 0.6) is 0 Å². The largest absolute Gasteiger partial charge is 0.377 e. The molecule has 14 heavy (non-hydrogen) atoms. The van der Waals surface area contributed by atoms with Gasteiger partial charge in [-0.05, 0) is 20.3 Å². The predicted octanol–water partition coefficient (Wildman–Crippen LogP) is 0.516. The van der Waals surface area contributed by atoms with Gasteiger partial charge in [0, 0.05) is 19.2 Å². The summed E-state index contributed by atoms with van der Waals surface area (Å²) in [5, 5.41) is 3.44. The van der Waals surface area contributed by atoms with E-state index in [9.17, 15) is 0 Å². The molecule has 0 aromatic rings. The molecule has 0 aromatic carbocycles. The molecule has 2 atom stereocenters. The lowest BCUT2D eigenvalue weighted by molar-refractivity contribution is -0.139. The van der Waals surface area contributed by atoms with Crippen LogP contribution in [-0.2, 0) is 14.2 Å². The fourth-order valence-corrected chi connectivity index (χ4v) is 1.98. The zero-order chi connectivity index (χ0) is 10.0. The molecule has 2 saturated heterocycles. The van der Waals surface area contributed by atoms with E-state index in [4.69, 9.17) is 14.2 Å². The minimum Gasteiger partial charge on any atom is -0.377 e. The average molecular weight is 201 g/mol. The van der Waals surface area contributed by atoms with Crippen molar-refractivity contribution in [1.29, 1.82) is 0 Å². The smallest absolute Gasteiger partial charge is 0.178 e. The molecule has 2 aliphatic rings. The first-order chi connectivity index (χ1) is 6.70. The minimum atomic E-state index is -0.428. The van der Waals surface area contributed by atoms with Crippen molar-refractivity contribution in [3.63, 3.8) is 0 Å². The maximum atomic E-state index is 5.51. The van der Waals surface area contributed by atoms with Crippen molar-refractivity contribution in [2.75, 3.05) is 26.4 Å². The Morgan fingerprint density at radius 2 is 2.00 bits per heavy atom. The zero-order valence-electron chi connectivity index (χ0n) is 8.91. The lowest BCUT2D eigenvalue weighted by atomic mass is 10.1. The van der Waals surface area contributed by atoms with E-state index in [1.54, 1.807) is 0 Å². The molecule has 0 aromatic heterocycles. The highest BCUT2D eigenvalue weighted by molar-refractivity contribution is 4.82. The molecule has 2 fully saturated rings. The van der Waals surface area contributed by atoms with Crippen molar-refractivity contribution < 1.29 is 14.2 Å². The standard InChI is InChI=1S/C10H19NO3/c1-8-9(3-4-12-8)11-7-10(2)13-5-6-14-10/h8-9,11H,3-7H2,1-2H3. The van der Waals surface area contributed by atoms with Crippen LogP contribution in [0.2, 0.25) is 0 Å². The maximum Gasteiger partial charge on any atom is 0.178 e. The molecule has 0 bridgehead atoms. The Kier molecular flexibility index (Phi) is 3.07. The van der Waals surface area contributed by atoms with Crippen LogP contribution < -0.4 is 5.32 Å². The Morgan fingerprint density at radius 3 is 2.57 bits per heavy atom. The summed E-state index contributed by atoms with van der Waals surface area (Å²) in [5.41, 5.74) is 0. The SMILES string of the molecule is CC1OCCC1NCC1(C)OCCO1. The van der Waals surface area contributed by atoms with Crippen molar-refractivity contribution in [2.45, 2.75) is 38.2 Å². The molecular formula is C10H19NO3. The third kappa shape index (κ3) is 2.25. The molecule has 4 nitrogen and oxygen atoms in total. The topological polar surface area (TPSA) is 39.7 Å². The fourth-order valence-electron chi connectivity index (χ4n) is 1.98. The first-order valence-corrected chi connectivity index (χ1v) is 5.32. The quantitative estimate of drug-likeness (QED) is 0.722. The molecule has 0 amide bonds. The predicted molar refractivity (Wildman–Crippen MR) is 52.1 cm³/mol. The Hall–Kier alpha value is -0.160. The van der Waals surface area contributed by atoms with Gasteiger partial charge in [0.05, 0.1) is 19.3 Å². The molecule has 2 unspecified atom stereocenters.